The molecule has 2 N–H and O–H groups in total. The van der Waals surface area contributed by atoms with E-state index in [0.717, 1.165) is 4.47 Å². The van der Waals surface area contributed by atoms with E-state index in [-0.39, 0.29) is 0 Å². The summed E-state index contributed by atoms with van der Waals surface area (Å²) in [6, 6.07) is 5.86. The van der Waals surface area contributed by atoms with E-state index in [9.17, 15) is 9.59 Å². The van der Waals surface area contributed by atoms with Gasteiger partial charge in [-0.2, -0.15) is 0 Å². The van der Waals surface area contributed by atoms with E-state index in [2.05, 4.69) is 21.2 Å². The molecule has 0 fully saturated rings. The van der Waals surface area contributed by atoms with Gasteiger partial charge in [-0.05, 0) is 25.1 Å². The Bertz CT molecular complexity index is 392. The summed E-state index contributed by atoms with van der Waals surface area (Å²) in [4.78, 5) is 22.0. The number of halogens is 1. The van der Waals surface area contributed by atoms with Gasteiger partial charge in [0.2, 0.25) is 0 Å². The Kier molecular flexibility index (Phi) is 3.85. The molecule has 0 radical (unpaired) electrons. The van der Waals surface area contributed by atoms with Gasteiger partial charge in [0.1, 0.15) is 6.04 Å². The van der Waals surface area contributed by atoms with Gasteiger partial charge in [0.05, 0.1) is 0 Å². The highest BCUT2D eigenvalue weighted by Crippen LogP contribution is 2.11. The Labute approximate surface area is 95.4 Å². The molecule has 15 heavy (non-hydrogen) atoms. The molecule has 4 nitrogen and oxygen atoms in total. The Balaban J connectivity index is 2.73. The number of carboxylic acid groups (broad SMARTS) is 1. The first kappa shape index (κ1) is 11.7. The van der Waals surface area contributed by atoms with E-state index < -0.39 is 17.9 Å². The first-order valence-corrected chi connectivity index (χ1v) is 5.09. The first-order valence-electron chi connectivity index (χ1n) is 4.30. The predicted octanol–water partition coefficient (Wildman–Crippen LogP) is 1.65. The van der Waals surface area contributed by atoms with Crippen molar-refractivity contribution in [2.45, 2.75) is 13.0 Å². The van der Waals surface area contributed by atoms with Crippen LogP contribution in [0.5, 0.6) is 0 Å². The van der Waals surface area contributed by atoms with Crippen molar-refractivity contribution in [3.8, 4) is 0 Å². The van der Waals surface area contributed by atoms with Crippen molar-refractivity contribution >= 4 is 27.8 Å². The fourth-order valence-corrected chi connectivity index (χ4v) is 1.37. The van der Waals surface area contributed by atoms with Gasteiger partial charge in [0.15, 0.2) is 0 Å². The van der Waals surface area contributed by atoms with Crippen LogP contribution in [0.2, 0.25) is 0 Å². The fourth-order valence-electron chi connectivity index (χ4n) is 0.971. The molecule has 1 unspecified atom stereocenters. The second kappa shape index (κ2) is 4.93. The number of rotatable bonds is 3. The molecule has 0 bridgehead atoms. The van der Waals surface area contributed by atoms with E-state index in [0.29, 0.717) is 5.56 Å². The molecule has 1 aromatic carbocycles. The molecule has 1 rings (SSSR count). The molecule has 1 atom stereocenters. The summed E-state index contributed by atoms with van der Waals surface area (Å²) >= 11 is 3.23. The Hall–Kier alpha value is -1.36. The number of aliphatic carboxylic acids is 1. The minimum absolute atomic E-state index is 0.397. The van der Waals surface area contributed by atoms with Crippen LogP contribution in [0, 0.1) is 0 Å². The van der Waals surface area contributed by atoms with E-state index in [1.165, 1.54) is 6.92 Å². The summed E-state index contributed by atoms with van der Waals surface area (Å²) in [5.41, 5.74) is 0.428. The normalized spacial score (nSPS) is 11.9. The average Bonchev–Trinajstić information content (AvgIpc) is 2.17. The number of benzene rings is 1. The molecule has 0 aliphatic heterocycles. The number of hydrogen-bond acceptors (Lipinski definition) is 2. The molecular weight excluding hydrogens is 262 g/mol. The van der Waals surface area contributed by atoms with Crippen molar-refractivity contribution in [1.29, 1.82) is 0 Å². The standard InChI is InChI=1S/C10H10BrNO3/c1-6(10(14)15)12-9(13)7-3-2-4-8(11)5-7/h2-6H,1H3,(H,12,13)(H,14,15). The smallest absolute Gasteiger partial charge is 0.325 e. The third-order valence-electron chi connectivity index (χ3n) is 1.80. The topological polar surface area (TPSA) is 66.4 Å². The van der Waals surface area contributed by atoms with Gasteiger partial charge in [-0.3, -0.25) is 9.59 Å². The number of amides is 1. The van der Waals surface area contributed by atoms with Crippen molar-refractivity contribution in [3.05, 3.63) is 34.3 Å². The third-order valence-corrected chi connectivity index (χ3v) is 2.30. The van der Waals surface area contributed by atoms with Gasteiger partial charge in [0.25, 0.3) is 5.91 Å². The van der Waals surface area contributed by atoms with Crippen molar-refractivity contribution in [1.82, 2.24) is 5.32 Å². The molecule has 0 aliphatic rings. The second-order valence-corrected chi connectivity index (χ2v) is 3.96. The number of carbonyl (C=O) groups excluding carboxylic acids is 1. The molecule has 80 valence electrons. The summed E-state index contributed by atoms with van der Waals surface area (Å²) in [6.45, 7) is 1.41. The van der Waals surface area contributed by atoms with Crippen LogP contribution in [-0.4, -0.2) is 23.0 Å². The lowest BCUT2D eigenvalue weighted by Gasteiger charge is -2.09. The average molecular weight is 272 g/mol. The monoisotopic (exact) mass is 271 g/mol. The highest BCUT2D eigenvalue weighted by molar-refractivity contribution is 9.10. The van der Waals surface area contributed by atoms with Gasteiger partial charge >= 0.3 is 5.97 Å². The van der Waals surface area contributed by atoms with Crippen molar-refractivity contribution < 1.29 is 14.7 Å². The zero-order valence-electron chi connectivity index (χ0n) is 8.03. The fraction of sp³-hybridized carbons (Fsp3) is 0.200. The number of carboxylic acids is 1. The van der Waals surface area contributed by atoms with Crippen molar-refractivity contribution in [2.75, 3.05) is 0 Å². The van der Waals surface area contributed by atoms with Crippen LogP contribution in [0.4, 0.5) is 0 Å². The lowest BCUT2D eigenvalue weighted by atomic mass is 10.2. The molecule has 0 saturated carbocycles. The number of hydrogen-bond donors (Lipinski definition) is 2. The summed E-state index contributed by atoms with van der Waals surface area (Å²) in [7, 11) is 0. The van der Waals surface area contributed by atoms with Crippen LogP contribution < -0.4 is 5.32 Å². The van der Waals surface area contributed by atoms with E-state index in [4.69, 9.17) is 5.11 Å². The second-order valence-electron chi connectivity index (χ2n) is 3.04. The van der Waals surface area contributed by atoms with E-state index >= 15 is 0 Å². The summed E-state index contributed by atoms with van der Waals surface area (Å²) in [5, 5.41) is 11.0. The van der Waals surface area contributed by atoms with Crippen LogP contribution in [0.1, 0.15) is 17.3 Å². The largest absolute Gasteiger partial charge is 0.480 e. The maximum atomic E-state index is 11.5. The Morgan fingerprint density at radius 2 is 2.13 bits per heavy atom. The van der Waals surface area contributed by atoms with Gasteiger partial charge in [0, 0.05) is 10.0 Å². The van der Waals surface area contributed by atoms with Crippen LogP contribution in [0.15, 0.2) is 28.7 Å². The number of carbonyl (C=O) groups is 2. The molecule has 0 aromatic heterocycles. The van der Waals surface area contributed by atoms with Crippen LogP contribution in [0.3, 0.4) is 0 Å². The lowest BCUT2D eigenvalue weighted by Crippen LogP contribution is -2.38. The quantitative estimate of drug-likeness (QED) is 0.879. The van der Waals surface area contributed by atoms with Crippen LogP contribution >= 0.6 is 15.9 Å². The van der Waals surface area contributed by atoms with Gasteiger partial charge in [-0.1, -0.05) is 22.0 Å². The van der Waals surface area contributed by atoms with Crippen LogP contribution in [-0.2, 0) is 4.79 Å². The zero-order valence-corrected chi connectivity index (χ0v) is 9.61. The van der Waals surface area contributed by atoms with Gasteiger partial charge in [-0.25, -0.2) is 0 Å². The minimum atomic E-state index is -1.06. The molecule has 0 heterocycles. The Morgan fingerprint density at radius 3 is 2.67 bits per heavy atom. The molecule has 0 aliphatic carbocycles. The SMILES string of the molecule is CC(NC(=O)c1cccc(Br)c1)C(=O)O. The Morgan fingerprint density at radius 1 is 1.47 bits per heavy atom. The zero-order chi connectivity index (χ0) is 11.4. The van der Waals surface area contributed by atoms with Crippen molar-refractivity contribution in [2.24, 2.45) is 0 Å². The summed E-state index contributed by atoms with van der Waals surface area (Å²) in [5.74, 6) is -1.45. The van der Waals surface area contributed by atoms with Gasteiger partial charge in [-0.15, -0.1) is 0 Å². The van der Waals surface area contributed by atoms with Crippen molar-refractivity contribution in [3.63, 3.8) is 0 Å². The van der Waals surface area contributed by atoms with Gasteiger partial charge < -0.3 is 10.4 Å². The van der Waals surface area contributed by atoms with E-state index in [1.54, 1.807) is 24.3 Å². The first-order chi connectivity index (χ1) is 7.00. The lowest BCUT2D eigenvalue weighted by molar-refractivity contribution is -0.138. The third kappa shape index (κ3) is 3.36. The highest BCUT2D eigenvalue weighted by Gasteiger charge is 2.14. The molecular formula is C10H10BrNO3. The van der Waals surface area contributed by atoms with Crippen LogP contribution in [0.25, 0.3) is 0 Å². The molecule has 1 aromatic rings. The minimum Gasteiger partial charge on any atom is -0.480 e. The molecule has 0 saturated heterocycles. The molecule has 0 spiro atoms. The van der Waals surface area contributed by atoms with E-state index in [1.807, 2.05) is 0 Å². The molecule has 5 heteroatoms. The summed E-state index contributed by atoms with van der Waals surface area (Å²) in [6.07, 6.45) is 0. The predicted molar refractivity (Wildman–Crippen MR) is 58.7 cm³/mol. The highest BCUT2D eigenvalue weighted by atomic mass is 79.9. The number of nitrogens with one attached hydrogen (secondary N) is 1. The maximum absolute atomic E-state index is 11.5. The molecule has 1 amide bonds. The maximum Gasteiger partial charge on any atom is 0.325 e. The summed E-state index contributed by atoms with van der Waals surface area (Å²) < 4.78 is 0.776.